The van der Waals surface area contributed by atoms with E-state index >= 15 is 0 Å². The molecular weight excluding hydrogens is 236 g/mol. The van der Waals surface area contributed by atoms with E-state index in [0.29, 0.717) is 0 Å². The zero-order chi connectivity index (χ0) is 5.98. The summed E-state index contributed by atoms with van der Waals surface area (Å²) in [5, 5.41) is 0. The molecule has 0 saturated carbocycles. The number of hydrogen-bond acceptors (Lipinski definition) is 0. The minimum absolute atomic E-state index is 0. The SMILES string of the molecule is Br.Fc1cccc[c]1[Zn]. The van der Waals surface area contributed by atoms with Crippen LogP contribution in [0.1, 0.15) is 0 Å². The normalized spacial score (nSPS) is 8.33. The molecule has 0 radical (unpaired) electrons. The van der Waals surface area contributed by atoms with Gasteiger partial charge < -0.3 is 0 Å². The molecule has 45 valence electrons. The fraction of sp³-hybridized carbons (Fsp3) is 0. The average Bonchev–Trinajstić information content (AvgIpc) is 1.77. The molecule has 0 bridgehead atoms. The quantitative estimate of drug-likeness (QED) is 0.605. The predicted molar refractivity (Wildman–Crippen MR) is 36.4 cm³/mol. The summed E-state index contributed by atoms with van der Waals surface area (Å²) in [6.07, 6.45) is 0. The van der Waals surface area contributed by atoms with Crippen molar-refractivity contribution >= 4 is 21.1 Å². The van der Waals surface area contributed by atoms with E-state index in [2.05, 4.69) is 0 Å². The van der Waals surface area contributed by atoms with Gasteiger partial charge in [-0.05, 0) is 0 Å². The molecule has 0 heterocycles. The summed E-state index contributed by atoms with van der Waals surface area (Å²) < 4.78 is 13.2. The van der Waals surface area contributed by atoms with Gasteiger partial charge in [0.25, 0.3) is 0 Å². The molecule has 1 aromatic carbocycles. The molecule has 0 aliphatic rings. The summed E-state index contributed by atoms with van der Waals surface area (Å²) in [5.41, 5.74) is 0. The van der Waals surface area contributed by atoms with Gasteiger partial charge in [-0.1, -0.05) is 0 Å². The van der Waals surface area contributed by atoms with E-state index < -0.39 is 0 Å². The molecule has 9 heavy (non-hydrogen) atoms. The van der Waals surface area contributed by atoms with Crippen molar-refractivity contribution < 1.29 is 22.7 Å². The van der Waals surface area contributed by atoms with E-state index in [0.717, 1.165) is 22.5 Å². The number of hydrogen-bond donors (Lipinski definition) is 0. The third kappa shape index (κ3) is 2.55. The molecule has 0 aliphatic carbocycles. The molecule has 3 heteroatoms. The topological polar surface area (TPSA) is 0 Å². The van der Waals surface area contributed by atoms with Gasteiger partial charge in [0.2, 0.25) is 0 Å². The van der Waals surface area contributed by atoms with Crippen LogP contribution in [0.5, 0.6) is 0 Å². The number of rotatable bonds is 0. The Kier molecular flexibility index (Phi) is 4.25. The molecule has 0 spiro atoms. The fourth-order valence-electron chi connectivity index (χ4n) is 0.498. The first-order chi connectivity index (χ1) is 3.80. The predicted octanol–water partition coefficient (Wildman–Crippen LogP) is 1.58. The molecule has 0 aliphatic heterocycles. The zero-order valence-electron chi connectivity index (χ0n) is 4.80. The van der Waals surface area contributed by atoms with Crippen LogP contribution in [0.4, 0.5) is 4.39 Å². The summed E-state index contributed by atoms with van der Waals surface area (Å²) >= 11 is 0.896. The molecule has 0 fully saturated rings. The third-order valence-electron chi connectivity index (χ3n) is 0.958. The van der Waals surface area contributed by atoms with Crippen molar-refractivity contribution in [2.24, 2.45) is 0 Å². The van der Waals surface area contributed by atoms with E-state index in [1.165, 1.54) is 6.07 Å². The molecule has 0 amide bonds. The second-order valence-corrected chi connectivity index (χ2v) is 3.19. The second-order valence-electron chi connectivity index (χ2n) is 1.59. The van der Waals surface area contributed by atoms with Gasteiger partial charge in [-0.2, -0.15) is 0 Å². The van der Waals surface area contributed by atoms with Crippen LogP contribution >= 0.6 is 17.0 Å². The molecule has 0 saturated heterocycles. The molecule has 1 rings (SSSR count). The molecule has 0 nitrogen and oxygen atoms in total. The summed E-state index contributed by atoms with van der Waals surface area (Å²) in [6, 6.07) is 6.84. The standard InChI is InChI=1S/C6H4F.BrH.Zn/c7-6-4-2-1-3-5-6;;/h1-4H;1H;. The Labute approximate surface area is 73.9 Å². The van der Waals surface area contributed by atoms with Gasteiger partial charge in [0.05, 0.1) is 0 Å². The second kappa shape index (κ2) is 4.13. The Hall–Kier alpha value is 0.253. The summed E-state index contributed by atoms with van der Waals surface area (Å²) in [4.78, 5) is 0. The van der Waals surface area contributed by atoms with Crippen molar-refractivity contribution in [1.82, 2.24) is 0 Å². The molecule has 0 aromatic heterocycles. The molecule has 0 unspecified atom stereocenters. The maximum atomic E-state index is 12.3. The van der Waals surface area contributed by atoms with Gasteiger partial charge in [-0.3, -0.25) is 0 Å². The van der Waals surface area contributed by atoms with Gasteiger partial charge in [0.1, 0.15) is 0 Å². The third-order valence-corrected chi connectivity index (χ3v) is 2.16. The van der Waals surface area contributed by atoms with Gasteiger partial charge in [0.15, 0.2) is 0 Å². The average molecular weight is 241 g/mol. The van der Waals surface area contributed by atoms with Crippen LogP contribution in [0.2, 0.25) is 0 Å². The van der Waals surface area contributed by atoms with Crippen molar-refractivity contribution in [3.05, 3.63) is 30.1 Å². The van der Waals surface area contributed by atoms with E-state index in [-0.39, 0.29) is 22.8 Å². The van der Waals surface area contributed by atoms with Gasteiger partial charge in [-0.25, -0.2) is 0 Å². The molecular formula is C6H5BrFZn. The van der Waals surface area contributed by atoms with E-state index in [4.69, 9.17) is 0 Å². The van der Waals surface area contributed by atoms with E-state index in [1.54, 1.807) is 12.1 Å². The first kappa shape index (κ1) is 9.25. The number of benzene rings is 1. The first-order valence-electron chi connectivity index (χ1n) is 2.37. The zero-order valence-corrected chi connectivity index (χ0v) is 9.48. The van der Waals surface area contributed by atoms with Crippen LogP contribution < -0.4 is 4.16 Å². The maximum absolute atomic E-state index is 12.3. The van der Waals surface area contributed by atoms with Crippen molar-refractivity contribution in [3.63, 3.8) is 0 Å². The molecule has 0 atom stereocenters. The fourth-order valence-corrected chi connectivity index (χ4v) is 1.03. The Bertz CT molecular complexity index is 169. The van der Waals surface area contributed by atoms with Crippen LogP contribution in [0.3, 0.4) is 0 Å². The van der Waals surface area contributed by atoms with Gasteiger partial charge >= 0.3 is 56.9 Å². The van der Waals surface area contributed by atoms with E-state index in [1.807, 2.05) is 6.07 Å². The first-order valence-corrected chi connectivity index (χ1v) is 3.85. The van der Waals surface area contributed by atoms with Crippen molar-refractivity contribution in [2.75, 3.05) is 0 Å². The van der Waals surface area contributed by atoms with E-state index in [9.17, 15) is 4.39 Å². The van der Waals surface area contributed by atoms with Crippen LogP contribution in [0.15, 0.2) is 24.3 Å². The summed E-state index contributed by atoms with van der Waals surface area (Å²) in [7, 11) is 0. The van der Waals surface area contributed by atoms with Crippen LogP contribution in [0, 0.1) is 5.82 Å². The Morgan fingerprint density at radius 3 is 2.11 bits per heavy atom. The van der Waals surface area contributed by atoms with Crippen molar-refractivity contribution in [1.29, 1.82) is 0 Å². The summed E-state index contributed by atoms with van der Waals surface area (Å²) in [5.74, 6) is -0.0764. The summed E-state index contributed by atoms with van der Waals surface area (Å²) in [6.45, 7) is 0. The Morgan fingerprint density at radius 2 is 1.78 bits per heavy atom. The molecule has 1 aromatic rings. The Morgan fingerprint density at radius 1 is 1.22 bits per heavy atom. The van der Waals surface area contributed by atoms with Crippen LogP contribution in [-0.4, -0.2) is 0 Å². The van der Waals surface area contributed by atoms with Crippen molar-refractivity contribution in [2.45, 2.75) is 0 Å². The van der Waals surface area contributed by atoms with Crippen LogP contribution in [0.25, 0.3) is 0 Å². The molecule has 0 N–H and O–H groups in total. The minimum atomic E-state index is -0.0764. The van der Waals surface area contributed by atoms with Crippen molar-refractivity contribution in [3.8, 4) is 0 Å². The number of halogens is 2. The monoisotopic (exact) mass is 239 g/mol. The Balaban J connectivity index is 0.000000640. The van der Waals surface area contributed by atoms with Crippen LogP contribution in [-0.2, 0) is 18.3 Å². The van der Waals surface area contributed by atoms with Gasteiger partial charge in [0, 0.05) is 0 Å². The van der Waals surface area contributed by atoms with Gasteiger partial charge in [-0.15, -0.1) is 17.0 Å².